The quantitative estimate of drug-likeness (QED) is 0.419. The summed E-state index contributed by atoms with van der Waals surface area (Å²) in [6.45, 7) is 0. The fraction of sp³-hybridized carbons (Fsp3) is 0.0667. The van der Waals surface area contributed by atoms with Gasteiger partial charge in [0.15, 0.2) is 0 Å². The zero-order valence-electron chi connectivity index (χ0n) is 12.0. The first kappa shape index (κ1) is 17.1. The van der Waals surface area contributed by atoms with Gasteiger partial charge in [-0.1, -0.05) is 28.1 Å². The van der Waals surface area contributed by atoms with Crippen LogP contribution in [0.3, 0.4) is 0 Å². The van der Waals surface area contributed by atoms with Crippen LogP contribution in [0, 0.1) is 10.1 Å². The molecule has 0 bridgehead atoms. The Balaban J connectivity index is 2.33. The second kappa shape index (κ2) is 5.66. The number of anilines is 1. The van der Waals surface area contributed by atoms with Crippen LogP contribution in [0.4, 0.5) is 24.5 Å². The number of nitro benzene ring substituents is 1. The van der Waals surface area contributed by atoms with Gasteiger partial charge < -0.3 is 0 Å². The van der Waals surface area contributed by atoms with Crippen molar-refractivity contribution in [1.29, 1.82) is 0 Å². The number of imide groups is 1. The molecule has 0 atom stereocenters. The maximum absolute atomic E-state index is 13.4. The van der Waals surface area contributed by atoms with E-state index < -0.39 is 39.9 Å². The molecule has 128 valence electrons. The normalized spacial score (nSPS) is 14.0. The highest BCUT2D eigenvalue weighted by molar-refractivity contribution is 9.10. The number of carbonyl (C=O) groups excluding carboxylic acids is 2. The van der Waals surface area contributed by atoms with Crippen LogP contribution >= 0.6 is 15.9 Å². The maximum atomic E-state index is 13.4. The van der Waals surface area contributed by atoms with Crippen LogP contribution in [0.5, 0.6) is 0 Å². The van der Waals surface area contributed by atoms with E-state index in [4.69, 9.17) is 0 Å². The van der Waals surface area contributed by atoms with Gasteiger partial charge in [0, 0.05) is 10.5 Å². The highest BCUT2D eigenvalue weighted by Crippen LogP contribution is 2.45. The third-order valence-electron chi connectivity index (χ3n) is 3.57. The summed E-state index contributed by atoms with van der Waals surface area (Å²) >= 11 is 2.78. The van der Waals surface area contributed by atoms with E-state index in [9.17, 15) is 32.9 Å². The average Bonchev–Trinajstić information content (AvgIpc) is 2.78. The van der Waals surface area contributed by atoms with Crippen LogP contribution in [-0.2, 0) is 6.18 Å². The maximum Gasteiger partial charge on any atom is 0.418 e. The molecule has 3 rings (SSSR count). The number of rotatable bonds is 2. The van der Waals surface area contributed by atoms with Crippen molar-refractivity contribution >= 4 is 39.1 Å². The Kier molecular flexibility index (Phi) is 3.87. The van der Waals surface area contributed by atoms with Gasteiger partial charge in [-0.05, 0) is 18.2 Å². The molecule has 0 aliphatic carbocycles. The lowest BCUT2D eigenvalue weighted by molar-refractivity contribution is -0.384. The lowest BCUT2D eigenvalue weighted by Crippen LogP contribution is -2.32. The van der Waals surface area contributed by atoms with Gasteiger partial charge in [0.05, 0.1) is 21.6 Å². The highest BCUT2D eigenvalue weighted by atomic mass is 79.9. The SMILES string of the molecule is O=C1c2ccccc2C(=O)N1c1c([N+](=O)[O-])cc(Br)cc1C(F)(F)F. The average molecular weight is 415 g/mol. The Morgan fingerprint density at radius 2 is 1.56 bits per heavy atom. The number of benzene rings is 2. The Bertz CT molecular complexity index is 908. The monoisotopic (exact) mass is 414 g/mol. The minimum Gasteiger partial charge on any atom is -0.268 e. The van der Waals surface area contributed by atoms with Crippen molar-refractivity contribution in [1.82, 2.24) is 0 Å². The van der Waals surface area contributed by atoms with Gasteiger partial charge in [0.25, 0.3) is 17.5 Å². The van der Waals surface area contributed by atoms with E-state index >= 15 is 0 Å². The number of nitrogens with zero attached hydrogens (tertiary/aromatic N) is 2. The summed E-state index contributed by atoms with van der Waals surface area (Å²) in [5.74, 6) is -2.09. The van der Waals surface area contributed by atoms with E-state index in [1.165, 1.54) is 24.3 Å². The van der Waals surface area contributed by atoms with E-state index in [-0.39, 0.29) is 20.5 Å². The summed E-state index contributed by atoms with van der Waals surface area (Å²) in [5.41, 5.74) is -3.78. The third-order valence-corrected chi connectivity index (χ3v) is 4.03. The van der Waals surface area contributed by atoms with Gasteiger partial charge in [0.1, 0.15) is 5.69 Å². The van der Waals surface area contributed by atoms with Crippen LogP contribution in [0.25, 0.3) is 0 Å². The third kappa shape index (κ3) is 2.68. The molecule has 1 aliphatic rings. The van der Waals surface area contributed by atoms with E-state index in [0.29, 0.717) is 6.07 Å². The molecule has 0 saturated carbocycles. The van der Waals surface area contributed by atoms with Gasteiger partial charge >= 0.3 is 6.18 Å². The lowest BCUT2D eigenvalue weighted by atomic mass is 10.1. The number of carbonyl (C=O) groups is 2. The molecule has 25 heavy (non-hydrogen) atoms. The standard InChI is InChI=1S/C15H6BrF3N2O4/c16-7-5-10(15(17,18)19)12(11(6-7)21(24)25)20-13(22)8-3-1-2-4-9(8)14(20)23/h1-6H. The molecular weight excluding hydrogens is 409 g/mol. The summed E-state index contributed by atoms with van der Waals surface area (Å²) in [5, 5.41) is 11.3. The van der Waals surface area contributed by atoms with Crippen LogP contribution < -0.4 is 4.90 Å². The summed E-state index contributed by atoms with van der Waals surface area (Å²) in [4.78, 5) is 35.3. The predicted octanol–water partition coefficient (Wildman–Crippen LogP) is 4.18. The smallest absolute Gasteiger partial charge is 0.268 e. The molecule has 2 aromatic rings. The first-order chi connectivity index (χ1) is 11.6. The van der Waals surface area contributed by atoms with Crippen LogP contribution in [-0.4, -0.2) is 16.7 Å². The molecule has 2 amide bonds. The Labute approximate surface area is 146 Å². The summed E-state index contributed by atoms with van der Waals surface area (Å²) in [7, 11) is 0. The minimum atomic E-state index is -5.01. The van der Waals surface area contributed by atoms with E-state index in [2.05, 4.69) is 15.9 Å². The van der Waals surface area contributed by atoms with Gasteiger partial charge in [-0.25, -0.2) is 4.90 Å². The molecule has 0 aromatic heterocycles. The van der Waals surface area contributed by atoms with E-state index in [1.807, 2.05) is 0 Å². The molecule has 1 aliphatic heterocycles. The fourth-order valence-electron chi connectivity index (χ4n) is 2.57. The number of halogens is 4. The zero-order chi connectivity index (χ0) is 18.5. The number of alkyl halides is 3. The second-order valence-corrected chi connectivity index (χ2v) is 5.98. The van der Waals surface area contributed by atoms with Gasteiger partial charge in [-0.15, -0.1) is 0 Å². The number of hydrogen-bond acceptors (Lipinski definition) is 4. The van der Waals surface area contributed by atoms with Crippen molar-refractivity contribution in [2.24, 2.45) is 0 Å². The van der Waals surface area contributed by atoms with E-state index in [1.54, 1.807) is 0 Å². The molecule has 0 N–H and O–H groups in total. The number of fused-ring (bicyclic) bond motifs is 1. The zero-order valence-corrected chi connectivity index (χ0v) is 13.6. The molecule has 2 aromatic carbocycles. The highest BCUT2D eigenvalue weighted by Gasteiger charge is 2.46. The van der Waals surface area contributed by atoms with Crippen molar-refractivity contribution in [2.75, 3.05) is 4.90 Å². The lowest BCUT2D eigenvalue weighted by Gasteiger charge is -2.20. The number of amides is 2. The van der Waals surface area contributed by atoms with Crippen LogP contribution in [0.2, 0.25) is 0 Å². The summed E-state index contributed by atoms with van der Waals surface area (Å²) in [6.07, 6.45) is -5.01. The Morgan fingerprint density at radius 3 is 2.00 bits per heavy atom. The van der Waals surface area contributed by atoms with Crippen molar-refractivity contribution < 1.29 is 27.7 Å². The largest absolute Gasteiger partial charge is 0.418 e. The number of hydrogen-bond donors (Lipinski definition) is 0. The Hall–Kier alpha value is -2.75. The molecule has 10 heteroatoms. The van der Waals surface area contributed by atoms with Crippen LogP contribution in [0.15, 0.2) is 40.9 Å². The molecule has 0 spiro atoms. The molecule has 1 heterocycles. The first-order valence-corrected chi connectivity index (χ1v) is 7.45. The van der Waals surface area contributed by atoms with Gasteiger partial charge in [0.2, 0.25) is 0 Å². The fourth-order valence-corrected chi connectivity index (χ4v) is 3.01. The van der Waals surface area contributed by atoms with Crippen molar-refractivity contribution in [2.45, 2.75) is 6.18 Å². The van der Waals surface area contributed by atoms with Gasteiger partial charge in [-0.2, -0.15) is 13.2 Å². The summed E-state index contributed by atoms with van der Waals surface area (Å²) in [6, 6.07) is 6.82. The van der Waals surface area contributed by atoms with E-state index in [0.717, 1.165) is 6.07 Å². The van der Waals surface area contributed by atoms with Gasteiger partial charge in [-0.3, -0.25) is 19.7 Å². The van der Waals surface area contributed by atoms with Crippen molar-refractivity contribution in [3.8, 4) is 0 Å². The molecule has 0 fully saturated rings. The molecule has 6 nitrogen and oxygen atoms in total. The topological polar surface area (TPSA) is 80.5 Å². The number of nitro groups is 1. The predicted molar refractivity (Wildman–Crippen MR) is 83.4 cm³/mol. The van der Waals surface area contributed by atoms with Crippen molar-refractivity contribution in [3.05, 3.63) is 67.7 Å². The Morgan fingerprint density at radius 1 is 1.04 bits per heavy atom. The minimum absolute atomic E-state index is 0.113. The first-order valence-electron chi connectivity index (χ1n) is 6.66. The summed E-state index contributed by atoms with van der Waals surface area (Å²) < 4.78 is 40.0. The second-order valence-electron chi connectivity index (χ2n) is 5.07. The van der Waals surface area contributed by atoms with Crippen molar-refractivity contribution in [3.63, 3.8) is 0 Å². The van der Waals surface area contributed by atoms with Crippen LogP contribution in [0.1, 0.15) is 26.3 Å². The molecule has 0 radical (unpaired) electrons. The molecule has 0 unspecified atom stereocenters. The molecule has 0 saturated heterocycles. The molecular formula is C15H6BrF3N2O4.